The molecule has 7 nitrogen and oxygen atoms in total. The summed E-state index contributed by atoms with van der Waals surface area (Å²) in [7, 11) is 3.41. The minimum absolute atomic E-state index is 0.0216. The first-order valence-corrected chi connectivity index (χ1v) is 11.8. The molecule has 1 fully saturated rings. The van der Waals surface area contributed by atoms with Crippen molar-refractivity contribution in [2.24, 2.45) is 18.9 Å². The van der Waals surface area contributed by atoms with Gasteiger partial charge in [-0.3, -0.25) is 13.9 Å². The number of aromatic nitrogens is 3. The molecule has 3 aromatic rings. The third kappa shape index (κ3) is 5.47. The highest BCUT2D eigenvalue weighted by atomic mass is 35.5. The third-order valence-electron chi connectivity index (χ3n) is 6.57. The van der Waals surface area contributed by atoms with Crippen LogP contribution >= 0.6 is 11.6 Å². The number of benzene rings is 1. The molecule has 2 heterocycles. The fraction of sp³-hybridized carbons (Fsp3) is 0.480. The molecule has 1 aliphatic rings. The quantitative estimate of drug-likeness (QED) is 0.440. The maximum Gasteiger partial charge on any atom is 0.328 e. The van der Waals surface area contributed by atoms with Gasteiger partial charge in [-0.25, -0.2) is 9.78 Å². The summed E-state index contributed by atoms with van der Waals surface area (Å²) >= 11 is 6.18. The molecule has 0 radical (unpaired) electrons. The number of hydrogen-bond acceptors (Lipinski definition) is 5. The van der Waals surface area contributed by atoms with E-state index in [2.05, 4.69) is 4.98 Å². The van der Waals surface area contributed by atoms with Crippen LogP contribution in [0.3, 0.4) is 0 Å². The highest BCUT2D eigenvalue weighted by Gasteiger charge is 2.27. The Bertz CT molecular complexity index is 1180. The molecule has 0 unspecified atom stereocenters. The van der Waals surface area contributed by atoms with Crippen LogP contribution in [0, 0.1) is 11.8 Å². The number of ether oxygens (including phenoxy) is 2. The zero-order chi connectivity index (χ0) is 23.4. The number of ketones is 1. The van der Waals surface area contributed by atoms with Crippen LogP contribution in [0.1, 0.15) is 31.2 Å². The average Bonchev–Trinajstić information content (AvgIpc) is 3.04. The van der Waals surface area contributed by atoms with Gasteiger partial charge in [0.1, 0.15) is 12.4 Å². The highest BCUT2D eigenvalue weighted by molar-refractivity contribution is 6.31. The van der Waals surface area contributed by atoms with Gasteiger partial charge in [-0.1, -0.05) is 11.6 Å². The number of rotatable bonds is 9. The first-order chi connectivity index (χ1) is 16.0. The number of carbonyl (C=O) groups is 1. The molecule has 2 aromatic heterocycles. The van der Waals surface area contributed by atoms with Crippen molar-refractivity contribution in [3.05, 3.63) is 57.6 Å². The zero-order valence-corrected chi connectivity index (χ0v) is 19.9. The molecule has 33 heavy (non-hydrogen) atoms. The smallest absolute Gasteiger partial charge is 0.328 e. The fourth-order valence-corrected chi connectivity index (χ4v) is 4.87. The molecule has 0 saturated heterocycles. The van der Waals surface area contributed by atoms with Gasteiger partial charge in [0.15, 0.2) is 0 Å². The van der Waals surface area contributed by atoms with Gasteiger partial charge in [0, 0.05) is 50.3 Å². The third-order valence-corrected chi connectivity index (χ3v) is 6.80. The van der Waals surface area contributed by atoms with Gasteiger partial charge in [-0.15, -0.1) is 0 Å². The summed E-state index contributed by atoms with van der Waals surface area (Å²) in [6.07, 6.45) is 5.64. The van der Waals surface area contributed by atoms with Crippen molar-refractivity contribution in [3.8, 4) is 5.88 Å². The number of aryl methyl sites for hydroxylation is 1. The molecule has 0 bridgehead atoms. The largest absolute Gasteiger partial charge is 0.475 e. The van der Waals surface area contributed by atoms with Gasteiger partial charge in [-0.2, -0.15) is 0 Å². The average molecular weight is 472 g/mol. The summed E-state index contributed by atoms with van der Waals surface area (Å²) in [6.45, 7) is 1.58. The zero-order valence-electron chi connectivity index (χ0n) is 19.1. The van der Waals surface area contributed by atoms with Crippen LogP contribution in [-0.4, -0.2) is 40.2 Å². The molecule has 8 heteroatoms. The number of hydrogen-bond donors (Lipinski definition) is 0. The summed E-state index contributed by atoms with van der Waals surface area (Å²) in [5.41, 5.74) is 2.65. The molecule has 1 aliphatic carbocycles. The van der Waals surface area contributed by atoms with E-state index in [1.165, 1.54) is 0 Å². The maximum absolute atomic E-state index is 12.9. The topological polar surface area (TPSA) is 75.3 Å². The number of carbonyl (C=O) groups excluding carboxylic acids is 1. The van der Waals surface area contributed by atoms with Crippen molar-refractivity contribution in [2.45, 2.75) is 38.6 Å². The SMILES string of the molecule is COCCOc1cc(CC(=O)C2CCC(Cn3c(=O)n(C)c4ccc(Cl)cc43)CC2)ccn1. The van der Waals surface area contributed by atoms with Gasteiger partial charge in [0.05, 0.1) is 17.6 Å². The summed E-state index contributed by atoms with van der Waals surface area (Å²) in [6, 6.07) is 9.25. The van der Waals surface area contributed by atoms with Crippen LogP contribution in [0.25, 0.3) is 11.0 Å². The first-order valence-electron chi connectivity index (χ1n) is 11.4. The molecule has 4 rings (SSSR count). The summed E-state index contributed by atoms with van der Waals surface area (Å²) in [5, 5.41) is 0.625. The number of pyridine rings is 1. The second-order valence-electron chi connectivity index (χ2n) is 8.79. The van der Waals surface area contributed by atoms with Gasteiger partial charge >= 0.3 is 5.69 Å². The van der Waals surface area contributed by atoms with Crippen molar-refractivity contribution in [3.63, 3.8) is 0 Å². The molecule has 0 N–H and O–H groups in total. The van der Waals surface area contributed by atoms with Gasteiger partial charge < -0.3 is 9.47 Å². The Morgan fingerprint density at radius 1 is 1.12 bits per heavy atom. The standard InChI is InChI=1S/C25H30ClN3O4/c1-28-21-8-7-20(26)15-22(21)29(25(28)31)16-17-3-5-19(6-4-17)23(30)13-18-9-10-27-24(14-18)33-12-11-32-2/h7-10,14-15,17,19H,3-6,11-13,16H2,1-2H3. The monoisotopic (exact) mass is 471 g/mol. The highest BCUT2D eigenvalue weighted by Crippen LogP contribution is 2.32. The number of fused-ring (bicyclic) bond motifs is 1. The van der Waals surface area contributed by atoms with E-state index in [9.17, 15) is 9.59 Å². The van der Waals surface area contributed by atoms with Gasteiger partial charge in [0.2, 0.25) is 5.88 Å². The molecule has 1 saturated carbocycles. The minimum Gasteiger partial charge on any atom is -0.475 e. The van der Waals surface area contributed by atoms with E-state index in [1.807, 2.05) is 34.9 Å². The van der Waals surface area contributed by atoms with Crippen molar-refractivity contribution in [1.29, 1.82) is 0 Å². The van der Waals surface area contributed by atoms with Crippen LogP contribution in [-0.2, 0) is 29.5 Å². The molecule has 0 aliphatic heterocycles. The lowest BCUT2D eigenvalue weighted by Crippen LogP contribution is -2.29. The molecular formula is C25H30ClN3O4. The van der Waals surface area contributed by atoms with E-state index >= 15 is 0 Å². The number of halogens is 1. The van der Waals surface area contributed by atoms with Crippen molar-refractivity contribution in [1.82, 2.24) is 14.1 Å². The van der Waals surface area contributed by atoms with Crippen LogP contribution in [0.15, 0.2) is 41.3 Å². The normalized spacial score (nSPS) is 18.5. The van der Waals surface area contributed by atoms with Crippen LogP contribution in [0.4, 0.5) is 0 Å². The first kappa shape index (κ1) is 23.5. The molecule has 0 atom stereocenters. The maximum atomic E-state index is 12.9. The molecule has 0 amide bonds. The van der Waals surface area contributed by atoms with E-state index in [0.717, 1.165) is 42.3 Å². The van der Waals surface area contributed by atoms with E-state index in [4.69, 9.17) is 21.1 Å². The van der Waals surface area contributed by atoms with Crippen molar-refractivity contribution in [2.75, 3.05) is 20.3 Å². The van der Waals surface area contributed by atoms with Gasteiger partial charge in [-0.05, 0) is 61.4 Å². The second kappa shape index (κ2) is 10.5. The Hall–Kier alpha value is -2.64. The van der Waals surface area contributed by atoms with Crippen LogP contribution in [0.2, 0.25) is 5.02 Å². The Morgan fingerprint density at radius 2 is 1.91 bits per heavy atom. The lowest BCUT2D eigenvalue weighted by molar-refractivity contribution is -0.123. The lowest BCUT2D eigenvalue weighted by Gasteiger charge is -2.28. The van der Waals surface area contributed by atoms with Crippen molar-refractivity contribution < 1.29 is 14.3 Å². The Kier molecular flexibility index (Phi) is 7.50. The van der Waals surface area contributed by atoms with Gasteiger partial charge in [0.25, 0.3) is 0 Å². The molecular weight excluding hydrogens is 442 g/mol. The van der Waals surface area contributed by atoms with Crippen molar-refractivity contribution >= 4 is 28.4 Å². The summed E-state index contributed by atoms with van der Waals surface area (Å²) < 4.78 is 14.0. The number of Topliss-reactive ketones (excluding diaryl/α,β-unsaturated/α-hetero) is 1. The predicted molar refractivity (Wildman–Crippen MR) is 128 cm³/mol. The molecule has 0 spiro atoms. The van der Waals surface area contributed by atoms with Crippen LogP contribution in [0.5, 0.6) is 5.88 Å². The number of nitrogens with zero attached hydrogens (tertiary/aromatic N) is 3. The lowest BCUT2D eigenvalue weighted by atomic mass is 9.79. The second-order valence-corrected chi connectivity index (χ2v) is 9.23. The minimum atomic E-state index is -0.0216. The van der Waals surface area contributed by atoms with E-state index in [-0.39, 0.29) is 17.4 Å². The fourth-order valence-electron chi connectivity index (χ4n) is 4.70. The van der Waals surface area contributed by atoms with Crippen LogP contribution < -0.4 is 10.4 Å². The predicted octanol–water partition coefficient (Wildman–Crippen LogP) is 4.03. The van der Waals surface area contributed by atoms with E-state index < -0.39 is 0 Å². The number of methoxy groups -OCH3 is 1. The van der Waals surface area contributed by atoms with E-state index in [0.29, 0.717) is 43.0 Å². The summed E-state index contributed by atoms with van der Waals surface area (Å²) in [4.78, 5) is 29.9. The summed E-state index contributed by atoms with van der Waals surface area (Å²) in [5.74, 6) is 1.21. The molecule has 176 valence electrons. The Labute approximate surface area is 198 Å². The molecule has 1 aromatic carbocycles. The Balaban J connectivity index is 1.34. The Morgan fingerprint density at radius 3 is 2.67 bits per heavy atom. The van der Waals surface area contributed by atoms with E-state index in [1.54, 1.807) is 24.9 Å². The number of imidazole rings is 1.